The van der Waals surface area contributed by atoms with Crippen molar-refractivity contribution in [2.45, 2.75) is 46.3 Å². The predicted octanol–water partition coefficient (Wildman–Crippen LogP) is 5.26. The molecule has 2 aromatic rings. The van der Waals surface area contributed by atoms with Gasteiger partial charge in [0.05, 0.1) is 12.7 Å². The monoisotopic (exact) mass is 313 g/mol. The Hall–Kier alpha value is -2.16. The van der Waals surface area contributed by atoms with Crippen molar-refractivity contribution in [2.24, 2.45) is 0 Å². The fraction of sp³-hybridized carbons (Fsp3) is 0.400. The minimum atomic E-state index is 0.193. The summed E-state index contributed by atoms with van der Waals surface area (Å²) in [6.07, 6.45) is 2.44. The highest BCUT2D eigenvalue weighted by molar-refractivity contribution is 5.47. The van der Waals surface area contributed by atoms with Gasteiger partial charge < -0.3 is 14.8 Å². The van der Waals surface area contributed by atoms with E-state index in [0.717, 1.165) is 43.2 Å². The molecule has 3 heteroatoms. The van der Waals surface area contributed by atoms with Crippen LogP contribution < -0.4 is 14.8 Å². The Morgan fingerprint density at radius 3 is 2.48 bits per heavy atom. The third-order valence-electron chi connectivity index (χ3n) is 3.39. The molecule has 0 radical (unpaired) electrons. The van der Waals surface area contributed by atoms with Crippen molar-refractivity contribution in [3.8, 4) is 11.5 Å². The van der Waals surface area contributed by atoms with Crippen LogP contribution in [0.1, 0.15) is 39.2 Å². The van der Waals surface area contributed by atoms with Gasteiger partial charge in [-0.2, -0.15) is 0 Å². The van der Waals surface area contributed by atoms with Crippen LogP contribution in [0.5, 0.6) is 11.5 Å². The number of nitrogens with one attached hydrogen (secondary N) is 1. The molecule has 23 heavy (non-hydrogen) atoms. The standard InChI is InChI=1S/C20H27NO2/c1-4-5-13-22-19-11-9-18(10-12-19)21-15-17-7-6-8-20(14-17)23-16(2)3/h6-12,14,16,21H,4-5,13,15H2,1-3H3. The van der Waals surface area contributed by atoms with Crippen molar-refractivity contribution >= 4 is 5.69 Å². The van der Waals surface area contributed by atoms with Crippen molar-refractivity contribution in [2.75, 3.05) is 11.9 Å². The largest absolute Gasteiger partial charge is 0.494 e. The minimum absolute atomic E-state index is 0.193. The SMILES string of the molecule is CCCCOc1ccc(NCc2cccc(OC(C)C)c2)cc1. The van der Waals surface area contributed by atoms with Gasteiger partial charge in [-0.25, -0.2) is 0 Å². The minimum Gasteiger partial charge on any atom is -0.494 e. The van der Waals surface area contributed by atoms with Gasteiger partial charge in [-0.15, -0.1) is 0 Å². The van der Waals surface area contributed by atoms with Crippen LogP contribution in [0.2, 0.25) is 0 Å². The van der Waals surface area contributed by atoms with E-state index in [1.165, 1.54) is 5.56 Å². The Labute approximate surface area is 139 Å². The van der Waals surface area contributed by atoms with Crippen molar-refractivity contribution in [3.63, 3.8) is 0 Å². The quantitative estimate of drug-likeness (QED) is 0.640. The van der Waals surface area contributed by atoms with Gasteiger partial charge in [-0.1, -0.05) is 25.5 Å². The third-order valence-corrected chi connectivity index (χ3v) is 3.39. The molecule has 2 aromatic carbocycles. The fourth-order valence-electron chi connectivity index (χ4n) is 2.21. The summed E-state index contributed by atoms with van der Waals surface area (Å²) >= 11 is 0. The number of ether oxygens (including phenoxy) is 2. The van der Waals surface area contributed by atoms with Gasteiger partial charge in [0, 0.05) is 12.2 Å². The normalized spacial score (nSPS) is 10.6. The third kappa shape index (κ3) is 6.23. The molecule has 0 saturated heterocycles. The van der Waals surface area contributed by atoms with Gasteiger partial charge in [0.25, 0.3) is 0 Å². The number of unbranched alkanes of at least 4 members (excludes halogenated alkanes) is 1. The maximum atomic E-state index is 5.73. The zero-order valence-electron chi connectivity index (χ0n) is 14.3. The van der Waals surface area contributed by atoms with Crippen molar-refractivity contribution < 1.29 is 9.47 Å². The van der Waals surface area contributed by atoms with Gasteiger partial charge in [0.15, 0.2) is 0 Å². The van der Waals surface area contributed by atoms with Crippen LogP contribution in [0.3, 0.4) is 0 Å². The predicted molar refractivity (Wildman–Crippen MR) is 96.4 cm³/mol. The molecule has 0 atom stereocenters. The number of anilines is 1. The zero-order chi connectivity index (χ0) is 16.5. The number of hydrogen-bond acceptors (Lipinski definition) is 3. The molecule has 0 aliphatic heterocycles. The fourth-order valence-corrected chi connectivity index (χ4v) is 2.21. The van der Waals surface area contributed by atoms with E-state index >= 15 is 0 Å². The zero-order valence-corrected chi connectivity index (χ0v) is 14.3. The number of benzene rings is 2. The van der Waals surface area contributed by atoms with Gasteiger partial charge in [0.2, 0.25) is 0 Å². The molecule has 0 aliphatic carbocycles. The summed E-state index contributed by atoms with van der Waals surface area (Å²) in [5.41, 5.74) is 2.29. The summed E-state index contributed by atoms with van der Waals surface area (Å²) in [6, 6.07) is 16.3. The molecule has 0 aromatic heterocycles. The maximum absolute atomic E-state index is 5.73. The molecule has 0 unspecified atom stereocenters. The molecular formula is C20H27NO2. The van der Waals surface area contributed by atoms with Gasteiger partial charge in [-0.3, -0.25) is 0 Å². The summed E-state index contributed by atoms with van der Waals surface area (Å²) in [5.74, 6) is 1.84. The van der Waals surface area contributed by atoms with Crippen LogP contribution in [-0.2, 0) is 6.54 Å². The first kappa shape index (κ1) is 17.2. The average molecular weight is 313 g/mol. The van der Waals surface area contributed by atoms with Crippen molar-refractivity contribution in [1.82, 2.24) is 0 Å². The lowest BCUT2D eigenvalue weighted by Gasteiger charge is -2.12. The second-order valence-electron chi connectivity index (χ2n) is 5.89. The van der Waals surface area contributed by atoms with Crippen molar-refractivity contribution in [3.05, 3.63) is 54.1 Å². The van der Waals surface area contributed by atoms with Crippen LogP contribution >= 0.6 is 0 Å². The average Bonchev–Trinajstić information content (AvgIpc) is 2.54. The van der Waals surface area contributed by atoms with Gasteiger partial charge in [-0.05, 0) is 62.2 Å². The Balaban J connectivity index is 1.85. The smallest absolute Gasteiger partial charge is 0.120 e. The first-order valence-corrected chi connectivity index (χ1v) is 8.39. The topological polar surface area (TPSA) is 30.5 Å². The molecule has 0 spiro atoms. The highest BCUT2D eigenvalue weighted by Gasteiger charge is 2.00. The molecule has 0 bridgehead atoms. The van der Waals surface area contributed by atoms with E-state index in [1.807, 2.05) is 38.1 Å². The van der Waals surface area contributed by atoms with Gasteiger partial charge in [0.1, 0.15) is 11.5 Å². The second kappa shape index (κ2) is 9.09. The highest BCUT2D eigenvalue weighted by atomic mass is 16.5. The molecule has 0 heterocycles. The van der Waals surface area contributed by atoms with E-state index < -0.39 is 0 Å². The lowest BCUT2D eigenvalue weighted by molar-refractivity contribution is 0.242. The molecule has 0 fully saturated rings. The van der Waals surface area contributed by atoms with Crippen LogP contribution in [0.25, 0.3) is 0 Å². The lowest BCUT2D eigenvalue weighted by atomic mass is 10.2. The Kier molecular flexibility index (Phi) is 6.79. The van der Waals surface area contributed by atoms with E-state index in [4.69, 9.17) is 9.47 Å². The summed E-state index contributed by atoms with van der Waals surface area (Å²) in [6.45, 7) is 7.79. The first-order valence-electron chi connectivity index (χ1n) is 8.39. The molecule has 124 valence electrons. The number of rotatable bonds is 9. The molecule has 2 rings (SSSR count). The van der Waals surface area contributed by atoms with Crippen LogP contribution in [-0.4, -0.2) is 12.7 Å². The van der Waals surface area contributed by atoms with E-state index in [1.54, 1.807) is 0 Å². The van der Waals surface area contributed by atoms with Crippen LogP contribution in [0, 0.1) is 0 Å². The van der Waals surface area contributed by atoms with E-state index in [-0.39, 0.29) is 6.10 Å². The number of hydrogen-bond donors (Lipinski definition) is 1. The Morgan fingerprint density at radius 2 is 1.78 bits per heavy atom. The molecule has 0 saturated carbocycles. The van der Waals surface area contributed by atoms with E-state index in [2.05, 4.69) is 36.5 Å². The summed E-state index contributed by atoms with van der Waals surface area (Å²) in [7, 11) is 0. The summed E-state index contributed by atoms with van der Waals surface area (Å²) < 4.78 is 11.4. The van der Waals surface area contributed by atoms with E-state index in [9.17, 15) is 0 Å². The van der Waals surface area contributed by atoms with E-state index in [0.29, 0.717) is 0 Å². The highest BCUT2D eigenvalue weighted by Crippen LogP contribution is 2.19. The molecule has 1 N–H and O–H groups in total. The Morgan fingerprint density at radius 1 is 1.00 bits per heavy atom. The van der Waals surface area contributed by atoms with Crippen LogP contribution in [0.15, 0.2) is 48.5 Å². The molecule has 3 nitrogen and oxygen atoms in total. The maximum Gasteiger partial charge on any atom is 0.120 e. The molecule has 0 aliphatic rings. The Bertz CT molecular complexity index is 578. The molecule has 0 amide bonds. The van der Waals surface area contributed by atoms with Crippen molar-refractivity contribution in [1.29, 1.82) is 0 Å². The lowest BCUT2D eigenvalue weighted by Crippen LogP contribution is -2.06. The van der Waals surface area contributed by atoms with Crippen LogP contribution in [0.4, 0.5) is 5.69 Å². The van der Waals surface area contributed by atoms with Gasteiger partial charge >= 0.3 is 0 Å². The second-order valence-corrected chi connectivity index (χ2v) is 5.89. The first-order chi connectivity index (χ1) is 11.2. The summed E-state index contributed by atoms with van der Waals surface area (Å²) in [4.78, 5) is 0. The molecular weight excluding hydrogens is 286 g/mol. The summed E-state index contributed by atoms with van der Waals surface area (Å²) in [5, 5.41) is 3.42.